The molecule has 0 spiro atoms. The summed E-state index contributed by atoms with van der Waals surface area (Å²) in [6.07, 6.45) is 3.28. The van der Waals surface area contributed by atoms with Gasteiger partial charge < -0.3 is 14.6 Å². The van der Waals surface area contributed by atoms with Gasteiger partial charge in [-0.05, 0) is 20.3 Å². The molecule has 1 aromatic rings. The molecular formula is C11H19N3O. The van der Waals surface area contributed by atoms with E-state index < -0.39 is 0 Å². The van der Waals surface area contributed by atoms with Crippen molar-refractivity contribution in [2.24, 2.45) is 5.92 Å². The first kappa shape index (κ1) is 10.5. The molecule has 1 saturated heterocycles. The minimum Gasteiger partial charge on any atom is -0.381 e. The van der Waals surface area contributed by atoms with E-state index in [-0.39, 0.29) is 0 Å². The number of ether oxygens (including phenoxy) is 1. The molecule has 15 heavy (non-hydrogen) atoms. The summed E-state index contributed by atoms with van der Waals surface area (Å²) in [4.78, 5) is 4.45. The lowest BCUT2D eigenvalue weighted by Gasteiger charge is -2.11. The number of aryl methyl sites for hydroxylation is 1. The molecule has 84 valence electrons. The predicted molar refractivity (Wildman–Crippen MR) is 60.1 cm³/mol. The molecule has 1 aliphatic rings. The van der Waals surface area contributed by atoms with Crippen LogP contribution in [0.25, 0.3) is 0 Å². The highest BCUT2D eigenvalue weighted by molar-refractivity contribution is 5.28. The summed E-state index contributed by atoms with van der Waals surface area (Å²) < 4.78 is 7.59. The van der Waals surface area contributed by atoms with Crippen LogP contribution >= 0.6 is 0 Å². The largest absolute Gasteiger partial charge is 0.381 e. The van der Waals surface area contributed by atoms with E-state index in [0.717, 1.165) is 37.9 Å². The Bertz CT molecular complexity index is 316. The van der Waals surface area contributed by atoms with Crippen LogP contribution in [0, 0.1) is 12.8 Å². The van der Waals surface area contributed by atoms with Crippen molar-refractivity contribution in [3.05, 3.63) is 11.9 Å². The van der Waals surface area contributed by atoms with E-state index in [1.54, 1.807) is 0 Å². The molecule has 0 radical (unpaired) electrons. The van der Waals surface area contributed by atoms with Gasteiger partial charge in [-0.25, -0.2) is 4.98 Å². The standard InChI is InChI=1S/C11H19N3O/c1-3-12-11-13-9(2)6-14(11)7-10-4-5-15-8-10/h6,10H,3-5,7-8H2,1-2H3,(H,12,13). The lowest BCUT2D eigenvalue weighted by atomic mass is 10.1. The molecule has 1 aromatic heterocycles. The van der Waals surface area contributed by atoms with Crippen molar-refractivity contribution >= 4 is 5.95 Å². The van der Waals surface area contributed by atoms with Crippen molar-refractivity contribution in [1.29, 1.82) is 0 Å². The smallest absolute Gasteiger partial charge is 0.203 e. The van der Waals surface area contributed by atoms with E-state index in [1.165, 1.54) is 6.42 Å². The van der Waals surface area contributed by atoms with Crippen LogP contribution in [0.15, 0.2) is 6.20 Å². The number of imidazole rings is 1. The van der Waals surface area contributed by atoms with Gasteiger partial charge in [0.1, 0.15) is 0 Å². The first-order valence-electron chi connectivity index (χ1n) is 5.65. The maximum absolute atomic E-state index is 5.38. The molecule has 4 heteroatoms. The molecule has 2 heterocycles. The zero-order valence-electron chi connectivity index (χ0n) is 9.49. The topological polar surface area (TPSA) is 39.1 Å². The van der Waals surface area contributed by atoms with Crippen LogP contribution in [-0.4, -0.2) is 29.3 Å². The summed E-state index contributed by atoms with van der Waals surface area (Å²) in [5.41, 5.74) is 1.07. The van der Waals surface area contributed by atoms with Gasteiger partial charge in [-0.15, -0.1) is 0 Å². The van der Waals surface area contributed by atoms with E-state index >= 15 is 0 Å². The van der Waals surface area contributed by atoms with Crippen LogP contribution in [0.5, 0.6) is 0 Å². The SMILES string of the molecule is CCNc1nc(C)cn1CC1CCOC1. The highest BCUT2D eigenvalue weighted by atomic mass is 16.5. The monoisotopic (exact) mass is 209 g/mol. The molecule has 2 rings (SSSR count). The number of aromatic nitrogens is 2. The Kier molecular flexibility index (Phi) is 3.26. The van der Waals surface area contributed by atoms with Crippen molar-refractivity contribution in [2.45, 2.75) is 26.8 Å². The van der Waals surface area contributed by atoms with Crippen molar-refractivity contribution in [2.75, 3.05) is 25.1 Å². The summed E-state index contributed by atoms with van der Waals surface area (Å²) in [5, 5.41) is 3.28. The molecule has 0 amide bonds. The molecule has 1 atom stereocenters. The molecule has 1 aliphatic heterocycles. The van der Waals surface area contributed by atoms with E-state index in [0.29, 0.717) is 5.92 Å². The number of nitrogens with one attached hydrogen (secondary N) is 1. The fourth-order valence-corrected chi connectivity index (χ4v) is 1.99. The minimum absolute atomic E-state index is 0.649. The number of hydrogen-bond acceptors (Lipinski definition) is 3. The van der Waals surface area contributed by atoms with Crippen LogP contribution in [-0.2, 0) is 11.3 Å². The average Bonchev–Trinajstić information content (AvgIpc) is 2.78. The zero-order chi connectivity index (χ0) is 10.7. The minimum atomic E-state index is 0.649. The van der Waals surface area contributed by atoms with E-state index in [9.17, 15) is 0 Å². The van der Waals surface area contributed by atoms with Gasteiger partial charge in [0, 0.05) is 31.8 Å². The Morgan fingerprint density at radius 2 is 2.53 bits per heavy atom. The fraction of sp³-hybridized carbons (Fsp3) is 0.727. The Hall–Kier alpha value is -1.03. The molecule has 4 nitrogen and oxygen atoms in total. The normalized spacial score (nSPS) is 20.8. The number of anilines is 1. The number of rotatable bonds is 4. The molecule has 0 aliphatic carbocycles. The maximum atomic E-state index is 5.38. The average molecular weight is 209 g/mol. The highest BCUT2D eigenvalue weighted by Crippen LogP contribution is 2.18. The lowest BCUT2D eigenvalue weighted by Crippen LogP contribution is -2.13. The zero-order valence-corrected chi connectivity index (χ0v) is 9.49. The van der Waals surface area contributed by atoms with Gasteiger partial charge in [0.25, 0.3) is 0 Å². The van der Waals surface area contributed by atoms with Crippen LogP contribution in [0.2, 0.25) is 0 Å². The fourth-order valence-electron chi connectivity index (χ4n) is 1.99. The van der Waals surface area contributed by atoms with Crippen LogP contribution in [0.1, 0.15) is 19.0 Å². The molecular weight excluding hydrogens is 190 g/mol. The Morgan fingerprint density at radius 1 is 1.67 bits per heavy atom. The van der Waals surface area contributed by atoms with Gasteiger partial charge in [0.15, 0.2) is 0 Å². The predicted octanol–water partition coefficient (Wildman–Crippen LogP) is 1.66. The second-order valence-corrected chi connectivity index (χ2v) is 4.12. The molecule has 1 unspecified atom stereocenters. The van der Waals surface area contributed by atoms with Gasteiger partial charge in [-0.3, -0.25) is 0 Å². The third-order valence-corrected chi connectivity index (χ3v) is 2.71. The van der Waals surface area contributed by atoms with Crippen molar-refractivity contribution in [3.63, 3.8) is 0 Å². The Balaban J connectivity index is 2.04. The van der Waals surface area contributed by atoms with Crippen molar-refractivity contribution in [3.8, 4) is 0 Å². The van der Waals surface area contributed by atoms with E-state index in [4.69, 9.17) is 4.74 Å². The second kappa shape index (κ2) is 4.66. The number of nitrogens with zero attached hydrogens (tertiary/aromatic N) is 2. The maximum Gasteiger partial charge on any atom is 0.203 e. The first-order chi connectivity index (χ1) is 7.29. The molecule has 0 aromatic carbocycles. The lowest BCUT2D eigenvalue weighted by molar-refractivity contribution is 0.182. The molecule has 1 fully saturated rings. The molecule has 0 bridgehead atoms. The second-order valence-electron chi connectivity index (χ2n) is 4.12. The van der Waals surface area contributed by atoms with Crippen molar-refractivity contribution < 1.29 is 4.74 Å². The van der Waals surface area contributed by atoms with Crippen LogP contribution in [0.3, 0.4) is 0 Å². The van der Waals surface area contributed by atoms with Crippen LogP contribution < -0.4 is 5.32 Å². The summed E-state index contributed by atoms with van der Waals surface area (Å²) in [5.74, 6) is 1.64. The first-order valence-corrected chi connectivity index (χ1v) is 5.65. The van der Waals surface area contributed by atoms with Gasteiger partial charge in [-0.1, -0.05) is 0 Å². The summed E-state index contributed by atoms with van der Waals surface area (Å²) in [6, 6.07) is 0. The summed E-state index contributed by atoms with van der Waals surface area (Å²) in [6.45, 7) is 7.86. The summed E-state index contributed by atoms with van der Waals surface area (Å²) >= 11 is 0. The van der Waals surface area contributed by atoms with Gasteiger partial charge in [-0.2, -0.15) is 0 Å². The quantitative estimate of drug-likeness (QED) is 0.819. The van der Waals surface area contributed by atoms with Gasteiger partial charge in [0.05, 0.1) is 12.3 Å². The molecule has 0 saturated carbocycles. The molecule has 1 N–H and O–H groups in total. The van der Waals surface area contributed by atoms with Gasteiger partial charge >= 0.3 is 0 Å². The van der Waals surface area contributed by atoms with Crippen LogP contribution in [0.4, 0.5) is 5.95 Å². The van der Waals surface area contributed by atoms with E-state index in [2.05, 4.69) is 28.0 Å². The third-order valence-electron chi connectivity index (χ3n) is 2.71. The third kappa shape index (κ3) is 2.50. The van der Waals surface area contributed by atoms with Gasteiger partial charge in [0.2, 0.25) is 5.95 Å². The van der Waals surface area contributed by atoms with E-state index in [1.807, 2.05) is 6.92 Å². The van der Waals surface area contributed by atoms with Crippen molar-refractivity contribution in [1.82, 2.24) is 9.55 Å². The summed E-state index contributed by atoms with van der Waals surface area (Å²) in [7, 11) is 0. The number of hydrogen-bond donors (Lipinski definition) is 1. The Labute approximate surface area is 90.6 Å². The Morgan fingerprint density at radius 3 is 3.20 bits per heavy atom. The highest BCUT2D eigenvalue weighted by Gasteiger charge is 2.17.